The molecule has 74 valence electrons. The van der Waals surface area contributed by atoms with Crippen LogP contribution in [0.3, 0.4) is 0 Å². The number of nitrogens with zero attached hydrogens (tertiary/aromatic N) is 3. The number of carbonyl (C=O) groups is 2. The van der Waals surface area contributed by atoms with Crippen LogP contribution in [0.5, 0.6) is 0 Å². The summed E-state index contributed by atoms with van der Waals surface area (Å²) in [5, 5.41) is 16.3. The van der Waals surface area contributed by atoms with Crippen molar-refractivity contribution >= 4 is 12.4 Å². The van der Waals surface area contributed by atoms with Gasteiger partial charge in [0.1, 0.15) is 6.54 Å². The molecule has 0 aromatic carbocycles. The average molecular weight is 187 g/mol. The number of aliphatic carboxylic acids is 1. The number of hydrogen-bond acceptors (Lipinski definition) is 4. The van der Waals surface area contributed by atoms with Gasteiger partial charge in [0.05, 0.1) is 5.54 Å². The average Bonchev–Trinajstić information content (AvgIpc) is 1.95. The van der Waals surface area contributed by atoms with E-state index < -0.39 is 18.1 Å². The van der Waals surface area contributed by atoms with Gasteiger partial charge in [0, 0.05) is 0 Å². The summed E-state index contributed by atoms with van der Waals surface area (Å²) in [6.45, 7) is 4.91. The van der Waals surface area contributed by atoms with Crippen molar-refractivity contribution in [2.45, 2.75) is 26.3 Å². The van der Waals surface area contributed by atoms with Gasteiger partial charge in [0.15, 0.2) is 0 Å². The third-order valence-electron chi connectivity index (χ3n) is 0.879. The summed E-state index contributed by atoms with van der Waals surface area (Å²) in [5.74, 6) is -1.13. The Bertz CT molecular complexity index is 220. The number of amides is 1. The maximum absolute atomic E-state index is 10.3. The molecule has 6 heteroatoms. The quantitative estimate of drug-likeness (QED) is 0.399. The van der Waals surface area contributed by atoms with Gasteiger partial charge in [-0.1, -0.05) is 5.22 Å². The van der Waals surface area contributed by atoms with Crippen LogP contribution in [0.1, 0.15) is 20.8 Å². The zero-order valence-corrected chi connectivity index (χ0v) is 7.89. The lowest BCUT2D eigenvalue weighted by Gasteiger charge is -2.11. The Morgan fingerprint density at radius 1 is 1.54 bits per heavy atom. The monoisotopic (exact) mass is 187 g/mol. The van der Waals surface area contributed by atoms with E-state index in [4.69, 9.17) is 5.11 Å². The first-order valence-corrected chi connectivity index (χ1v) is 3.72. The third kappa shape index (κ3) is 6.92. The fraction of sp³-hybridized carbons (Fsp3) is 0.714. The fourth-order valence-electron chi connectivity index (χ4n) is 0.420. The smallest absolute Gasteiger partial charge is 0.325 e. The first-order valence-electron chi connectivity index (χ1n) is 3.72. The van der Waals surface area contributed by atoms with Crippen molar-refractivity contribution in [3.8, 4) is 0 Å². The van der Waals surface area contributed by atoms with Gasteiger partial charge in [-0.3, -0.25) is 9.59 Å². The zero-order valence-electron chi connectivity index (χ0n) is 7.89. The lowest BCUT2D eigenvalue weighted by molar-refractivity contribution is -0.141. The summed E-state index contributed by atoms with van der Waals surface area (Å²) in [6.07, 6.45) is 0.323. The SMILES string of the molecule is CC(C)(C)N=NN(C=O)CC(=O)O. The van der Waals surface area contributed by atoms with E-state index in [2.05, 4.69) is 10.3 Å². The summed E-state index contributed by atoms with van der Waals surface area (Å²) in [7, 11) is 0. The molecule has 0 spiro atoms. The first kappa shape index (κ1) is 11.5. The highest BCUT2D eigenvalue weighted by atomic mass is 16.4. The lowest BCUT2D eigenvalue weighted by atomic mass is 10.1. The highest BCUT2D eigenvalue weighted by Gasteiger charge is 2.10. The number of hydrogen-bond donors (Lipinski definition) is 1. The van der Waals surface area contributed by atoms with E-state index in [1.165, 1.54) is 0 Å². The van der Waals surface area contributed by atoms with Gasteiger partial charge in [0.25, 0.3) is 0 Å². The van der Waals surface area contributed by atoms with Crippen LogP contribution < -0.4 is 0 Å². The van der Waals surface area contributed by atoms with E-state index >= 15 is 0 Å². The second-order valence-corrected chi connectivity index (χ2v) is 3.46. The van der Waals surface area contributed by atoms with E-state index in [0.717, 1.165) is 5.01 Å². The van der Waals surface area contributed by atoms with Crippen LogP contribution in [-0.2, 0) is 9.59 Å². The molecule has 0 unspecified atom stereocenters. The van der Waals surface area contributed by atoms with Crippen LogP contribution in [0.2, 0.25) is 0 Å². The Morgan fingerprint density at radius 2 is 2.08 bits per heavy atom. The Hall–Kier alpha value is -1.46. The maximum atomic E-state index is 10.3. The number of rotatable bonds is 4. The Balaban J connectivity index is 4.20. The van der Waals surface area contributed by atoms with E-state index in [-0.39, 0.29) is 0 Å². The van der Waals surface area contributed by atoms with Gasteiger partial charge in [-0.05, 0) is 20.8 Å². The highest BCUT2D eigenvalue weighted by Crippen LogP contribution is 2.07. The largest absolute Gasteiger partial charge is 0.480 e. The molecule has 6 nitrogen and oxygen atoms in total. The molecule has 13 heavy (non-hydrogen) atoms. The molecule has 0 fully saturated rings. The van der Waals surface area contributed by atoms with E-state index in [1.54, 1.807) is 20.8 Å². The van der Waals surface area contributed by atoms with Gasteiger partial charge in [-0.2, -0.15) is 5.11 Å². The molecule has 0 aromatic rings. The van der Waals surface area contributed by atoms with Crippen LogP contribution >= 0.6 is 0 Å². The van der Waals surface area contributed by atoms with Crippen molar-refractivity contribution in [2.75, 3.05) is 6.54 Å². The van der Waals surface area contributed by atoms with Crippen molar-refractivity contribution < 1.29 is 14.7 Å². The lowest BCUT2D eigenvalue weighted by Crippen LogP contribution is -2.24. The minimum Gasteiger partial charge on any atom is -0.480 e. The van der Waals surface area contributed by atoms with Crippen molar-refractivity contribution in [1.29, 1.82) is 0 Å². The first-order chi connectivity index (χ1) is 5.85. The number of carboxylic acids is 1. The Morgan fingerprint density at radius 3 is 2.38 bits per heavy atom. The van der Waals surface area contributed by atoms with Crippen LogP contribution in [0.4, 0.5) is 0 Å². The van der Waals surface area contributed by atoms with Gasteiger partial charge in [-0.25, -0.2) is 5.01 Å². The summed E-state index contributed by atoms with van der Waals surface area (Å²) in [4.78, 5) is 20.5. The molecule has 1 amide bonds. The molecule has 0 aromatic heterocycles. The molecule has 0 saturated heterocycles. The standard InChI is InChI=1S/C7H13N3O3/c1-7(2,3)8-9-10(5-11)4-6(12)13/h5H,4H2,1-3H3,(H,12,13). The topological polar surface area (TPSA) is 82.3 Å². The summed E-state index contributed by atoms with van der Waals surface area (Å²) in [6, 6.07) is 0. The zero-order chi connectivity index (χ0) is 10.5. The molecule has 0 aliphatic heterocycles. The molecular formula is C7H13N3O3. The number of carbonyl (C=O) groups excluding carboxylic acids is 1. The molecule has 0 rings (SSSR count). The van der Waals surface area contributed by atoms with Gasteiger partial charge >= 0.3 is 5.97 Å². The van der Waals surface area contributed by atoms with E-state index in [0.29, 0.717) is 6.41 Å². The van der Waals surface area contributed by atoms with Crippen molar-refractivity contribution in [3.63, 3.8) is 0 Å². The van der Waals surface area contributed by atoms with Crippen LogP contribution in [0, 0.1) is 0 Å². The molecule has 0 radical (unpaired) electrons. The molecule has 0 atom stereocenters. The maximum Gasteiger partial charge on any atom is 0.325 e. The minimum atomic E-state index is -1.13. The molecule has 0 aliphatic carbocycles. The predicted molar refractivity (Wildman–Crippen MR) is 45.0 cm³/mol. The van der Waals surface area contributed by atoms with Crippen molar-refractivity contribution in [3.05, 3.63) is 0 Å². The fourth-order valence-corrected chi connectivity index (χ4v) is 0.420. The molecule has 0 aliphatic rings. The summed E-state index contributed by atoms with van der Waals surface area (Å²) >= 11 is 0. The predicted octanol–water partition coefficient (Wildman–Crippen LogP) is 0.695. The highest BCUT2D eigenvalue weighted by molar-refractivity contribution is 5.71. The van der Waals surface area contributed by atoms with Crippen molar-refractivity contribution in [2.24, 2.45) is 10.3 Å². The van der Waals surface area contributed by atoms with Gasteiger partial charge in [0.2, 0.25) is 6.41 Å². The normalized spacial score (nSPS) is 11.6. The van der Waals surface area contributed by atoms with Crippen LogP contribution in [0.25, 0.3) is 0 Å². The van der Waals surface area contributed by atoms with E-state index in [1.807, 2.05) is 0 Å². The van der Waals surface area contributed by atoms with Crippen molar-refractivity contribution in [1.82, 2.24) is 5.01 Å². The molecule has 0 saturated carbocycles. The second kappa shape index (κ2) is 4.54. The van der Waals surface area contributed by atoms with Crippen LogP contribution in [-0.4, -0.2) is 34.6 Å². The number of carboxylic acid groups (broad SMARTS) is 1. The van der Waals surface area contributed by atoms with Gasteiger partial charge < -0.3 is 5.11 Å². The molecule has 1 N–H and O–H groups in total. The van der Waals surface area contributed by atoms with Gasteiger partial charge in [-0.15, -0.1) is 0 Å². The van der Waals surface area contributed by atoms with Crippen LogP contribution in [0.15, 0.2) is 10.3 Å². The van der Waals surface area contributed by atoms with E-state index in [9.17, 15) is 9.59 Å². The molecule has 0 bridgehead atoms. The third-order valence-corrected chi connectivity index (χ3v) is 0.879. The Labute approximate surface area is 76.2 Å². The Kier molecular flexibility index (Phi) is 4.03. The minimum absolute atomic E-state index is 0.323. The molecule has 0 heterocycles. The summed E-state index contributed by atoms with van der Waals surface area (Å²) < 4.78 is 0. The molecular weight excluding hydrogens is 174 g/mol. The summed E-state index contributed by atoms with van der Waals surface area (Å²) in [5.41, 5.74) is -0.417. The second-order valence-electron chi connectivity index (χ2n) is 3.46.